The van der Waals surface area contributed by atoms with Gasteiger partial charge < -0.3 is 9.88 Å². The highest BCUT2D eigenvalue weighted by molar-refractivity contribution is 7.99. The van der Waals surface area contributed by atoms with Gasteiger partial charge in [-0.3, -0.25) is 14.6 Å². The number of carbonyl (C=O) groups excluding carboxylic acids is 2. The summed E-state index contributed by atoms with van der Waals surface area (Å²) in [5.41, 5.74) is 1.91. The number of carbonyl (C=O) groups is 2. The quantitative estimate of drug-likeness (QED) is 0.499. The number of anilines is 1. The van der Waals surface area contributed by atoms with E-state index in [1.807, 2.05) is 41.8 Å². The van der Waals surface area contributed by atoms with Crippen LogP contribution in [-0.4, -0.2) is 37.2 Å². The average molecular weight is 381 g/mol. The summed E-state index contributed by atoms with van der Waals surface area (Å²) >= 11 is 1.32. The predicted octanol–water partition coefficient (Wildman–Crippen LogP) is 3.29. The van der Waals surface area contributed by atoms with Crippen LogP contribution in [0.25, 0.3) is 11.4 Å². The first kappa shape index (κ1) is 18.8. The summed E-state index contributed by atoms with van der Waals surface area (Å²) in [6, 6.07) is 12.8. The van der Waals surface area contributed by atoms with Gasteiger partial charge in [0.15, 0.2) is 16.8 Å². The molecular formula is C19H19N5O2S. The summed E-state index contributed by atoms with van der Waals surface area (Å²) in [7, 11) is 0. The van der Waals surface area contributed by atoms with Gasteiger partial charge in [0, 0.05) is 30.9 Å². The van der Waals surface area contributed by atoms with Gasteiger partial charge in [-0.2, -0.15) is 0 Å². The van der Waals surface area contributed by atoms with E-state index in [0.717, 1.165) is 11.3 Å². The van der Waals surface area contributed by atoms with Crippen LogP contribution in [0.4, 0.5) is 5.69 Å². The largest absolute Gasteiger partial charge is 0.325 e. The number of hydrogen-bond acceptors (Lipinski definition) is 6. The molecule has 3 rings (SSSR count). The Bertz CT molecular complexity index is 956. The molecule has 0 radical (unpaired) electrons. The van der Waals surface area contributed by atoms with Crippen LogP contribution >= 0.6 is 11.8 Å². The van der Waals surface area contributed by atoms with Gasteiger partial charge in [0.25, 0.3) is 0 Å². The van der Waals surface area contributed by atoms with Crippen molar-refractivity contribution < 1.29 is 9.59 Å². The zero-order chi connectivity index (χ0) is 19.2. The van der Waals surface area contributed by atoms with Crippen LogP contribution in [0.1, 0.15) is 24.3 Å². The van der Waals surface area contributed by atoms with Gasteiger partial charge in [0.1, 0.15) is 5.69 Å². The molecule has 3 aromatic rings. The number of benzene rings is 1. The minimum atomic E-state index is -0.110. The third kappa shape index (κ3) is 4.59. The van der Waals surface area contributed by atoms with Crippen LogP contribution in [0.3, 0.4) is 0 Å². The molecule has 0 aliphatic heterocycles. The molecule has 2 heterocycles. The number of ketones is 1. The van der Waals surface area contributed by atoms with Gasteiger partial charge in [-0.05, 0) is 31.2 Å². The molecule has 0 bridgehead atoms. The van der Waals surface area contributed by atoms with E-state index in [0.29, 0.717) is 23.2 Å². The van der Waals surface area contributed by atoms with E-state index >= 15 is 0 Å². The first-order valence-electron chi connectivity index (χ1n) is 8.46. The Balaban J connectivity index is 1.73. The number of rotatable bonds is 7. The number of thioether (sulfide) groups is 1. The molecule has 0 spiro atoms. The van der Waals surface area contributed by atoms with E-state index in [1.165, 1.54) is 18.7 Å². The molecule has 2 aromatic heterocycles. The normalized spacial score (nSPS) is 10.6. The summed E-state index contributed by atoms with van der Waals surface area (Å²) in [4.78, 5) is 27.8. The average Bonchev–Trinajstić information content (AvgIpc) is 3.10. The molecule has 0 saturated heterocycles. The Morgan fingerprint density at radius 1 is 1.15 bits per heavy atom. The van der Waals surface area contributed by atoms with E-state index < -0.39 is 0 Å². The van der Waals surface area contributed by atoms with Crippen LogP contribution in [0, 0.1) is 0 Å². The Morgan fingerprint density at radius 2 is 1.93 bits per heavy atom. The van der Waals surface area contributed by atoms with Crippen molar-refractivity contribution >= 4 is 29.1 Å². The van der Waals surface area contributed by atoms with Crippen molar-refractivity contribution in [2.45, 2.75) is 25.5 Å². The topological polar surface area (TPSA) is 89.8 Å². The number of nitrogens with one attached hydrogen (secondary N) is 1. The molecule has 27 heavy (non-hydrogen) atoms. The summed E-state index contributed by atoms with van der Waals surface area (Å²) in [6.45, 7) is 4.10. The van der Waals surface area contributed by atoms with Crippen LogP contribution in [-0.2, 0) is 11.3 Å². The number of Topliss-reactive ketones (excluding diaryl/α,β-unsaturated/α-hetero) is 1. The first-order valence-corrected chi connectivity index (χ1v) is 9.45. The van der Waals surface area contributed by atoms with Gasteiger partial charge in [-0.15, -0.1) is 10.2 Å². The highest BCUT2D eigenvalue weighted by Crippen LogP contribution is 2.24. The van der Waals surface area contributed by atoms with Crippen LogP contribution < -0.4 is 5.32 Å². The SMILES string of the molecule is CCn1c(SCC(=O)Nc2ccccc2)nnc1-c1ccnc(C(C)=O)c1. The van der Waals surface area contributed by atoms with Crippen LogP contribution in [0.2, 0.25) is 0 Å². The molecular weight excluding hydrogens is 362 g/mol. The summed E-state index contributed by atoms with van der Waals surface area (Å²) < 4.78 is 1.92. The number of aromatic nitrogens is 4. The Hall–Kier alpha value is -3.00. The fourth-order valence-corrected chi connectivity index (χ4v) is 3.31. The lowest BCUT2D eigenvalue weighted by Crippen LogP contribution is -2.14. The van der Waals surface area contributed by atoms with Crippen molar-refractivity contribution in [1.82, 2.24) is 19.7 Å². The summed E-state index contributed by atoms with van der Waals surface area (Å²) in [5.74, 6) is 0.656. The van der Waals surface area contributed by atoms with Gasteiger partial charge in [-0.25, -0.2) is 0 Å². The van der Waals surface area contributed by atoms with Crippen molar-refractivity contribution in [2.75, 3.05) is 11.1 Å². The molecule has 1 amide bonds. The summed E-state index contributed by atoms with van der Waals surface area (Å²) in [6.07, 6.45) is 1.58. The van der Waals surface area contributed by atoms with E-state index in [1.54, 1.807) is 18.3 Å². The highest BCUT2D eigenvalue weighted by atomic mass is 32.2. The maximum Gasteiger partial charge on any atom is 0.234 e. The van der Waals surface area contributed by atoms with Gasteiger partial charge in [-0.1, -0.05) is 30.0 Å². The fraction of sp³-hybridized carbons (Fsp3) is 0.211. The number of pyridine rings is 1. The Labute approximate surface area is 161 Å². The minimum Gasteiger partial charge on any atom is -0.325 e. The van der Waals surface area contributed by atoms with Crippen molar-refractivity contribution in [3.8, 4) is 11.4 Å². The number of hydrogen-bond donors (Lipinski definition) is 1. The third-order valence-corrected chi connectivity index (χ3v) is 4.77. The molecule has 1 aromatic carbocycles. The van der Waals surface area contributed by atoms with Crippen LogP contribution in [0.15, 0.2) is 53.8 Å². The lowest BCUT2D eigenvalue weighted by atomic mass is 10.2. The number of amides is 1. The van der Waals surface area contributed by atoms with E-state index in [4.69, 9.17) is 0 Å². The van der Waals surface area contributed by atoms with Crippen molar-refractivity contribution in [3.63, 3.8) is 0 Å². The lowest BCUT2D eigenvalue weighted by Gasteiger charge is -2.08. The molecule has 0 atom stereocenters. The fourth-order valence-electron chi connectivity index (χ4n) is 2.50. The molecule has 0 fully saturated rings. The second-order valence-electron chi connectivity index (χ2n) is 5.74. The van der Waals surface area contributed by atoms with Gasteiger partial charge in [0.05, 0.1) is 5.75 Å². The van der Waals surface area contributed by atoms with E-state index in [2.05, 4.69) is 20.5 Å². The first-order chi connectivity index (χ1) is 13.1. The second-order valence-corrected chi connectivity index (χ2v) is 6.68. The lowest BCUT2D eigenvalue weighted by molar-refractivity contribution is -0.113. The summed E-state index contributed by atoms with van der Waals surface area (Å²) in [5, 5.41) is 11.9. The van der Waals surface area contributed by atoms with Crippen molar-refractivity contribution in [1.29, 1.82) is 0 Å². The van der Waals surface area contributed by atoms with Crippen molar-refractivity contribution in [3.05, 3.63) is 54.4 Å². The zero-order valence-electron chi connectivity index (χ0n) is 15.0. The smallest absolute Gasteiger partial charge is 0.234 e. The van der Waals surface area contributed by atoms with Gasteiger partial charge >= 0.3 is 0 Å². The number of para-hydroxylation sites is 1. The van der Waals surface area contributed by atoms with E-state index in [-0.39, 0.29) is 17.4 Å². The van der Waals surface area contributed by atoms with Crippen molar-refractivity contribution in [2.24, 2.45) is 0 Å². The molecule has 138 valence electrons. The van der Waals surface area contributed by atoms with E-state index in [9.17, 15) is 9.59 Å². The zero-order valence-corrected chi connectivity index (χ0v) is 15.9. The van der Waals surface area contributed by atoms with Gasteiger partial charge in [0.2, 0.25) is 5.91 Å². The predicted molar refractivity (Wildman–Crippen MR) is 105 cm³/mol. The number of nitrogens with zero attached hydrogens (tertiary/aromatic N) is 4. The highest BCUT2D eigenvalue weighted by Gasteiger charge is 2.16. The standard InChI is InChI=1S/C19H19N5O2S/c1-3-24-18(14-9-10-20-16(11-14)13(2)25)22-23-19(24)27-12-17(26)21-15-7-5-4-6-8-15/h4-11H,3,12H2,1-2H3,(H,21,26). The maximum atomic E-state index is 12.1. The molecule has 0 unspecified atom stereocenters. The molecule has 7 nitrogen and oxygen atoms in total. The molecule has 8 heteroatoms. The Kier molecular flexibility index (Phi) is 5.97. The molecule has 1 N–H and O–H groups in total. The Morgan fingerprint density at radius 3 is 2.63 bits per heavy atom. The maximum absolute atomic E-state index is 12.1. The second kappa shape index (κ2) is 8.59. The van der Waals surface area contributed by atoms with Crippen LogP contribution in [0.5, 0.6) is 0 Å². The molecule has 0 aliphatic rings. The third-order valence-electron chi connectivity index (χ3n) is 3.80. The minimum absolute atomic E-state index is 0.105. The monoisotopic (exact) mass is 381 g/mol. The molecule has 0 saturated carbocycles. The molecule has 0 aliphatic carbocycles.